The Morgan fingerprint density at radius 2 is 1.46 bits per heavy atom. The first kappa shape index (κ1) is 26.4. The quantitative estimate of drug-likeness (QED) is 0.251. The molecule has 2 bridgehead atoms. The maximum Gasteiger partial charge on any atom is 0.184 e. The summed E-state index contributed by atoms with van der Waals surface area (Å²) in [5.74, 6) is 0. The third-order valence-corrected chi connectivity index (χ3v) is 10.7. The highest BCUT2D eigenvalue weighted by Gasteiger charge is 2.53. The van der Waals surface area contributed by atoms with E-state index < -0.39 is 15.1 Å². The van der Waals surface area contributed by atoms with Crippen LogP contribution in [0.1, 0.15) is 75.8 Å². The summed E-state index contributed by atoms with van der Waals surface area (Å²) < 4.78 is 27.7. The number of nitrogens with one attached hydrogen (secondary N) is 2. The van der Waals surface area contributed by atoms with Crippen molar-refractivity contribution in [3.05, 3.63) is 77.9 Å². The zero-order chi connectivity index (χ0) is 25.7. The Labute approximate surface area is 223 Å². The van der Waals surface area contributed by atoms with Crippen LogP contribution in [-0.2, 0) is 22.8 Å². The maximum atomic E-state index is 13.8. The van der Waals surface area contributed by atoms with Crippen LogP contribution in [0.25, 0.3) is 10.8 Å². The molecule has 5 heteroatoms. The van der Waals surface area contributed by atoms with Gasteiger partial charge in [0, 0.05) is 24.7 Å². The molecule has 0 radical (unpaired) electrons. The number of fused-ring (bicyclic) bond motifs is 3. The zero-order valence-corrected chi connectivity index (χ0v) is 23.0. The fraction of sp³-hybridized carbons (Fsp3) is 0.500. The highest BCUT2D eigenvalue weighted by Crippen LogP contribution is 2.36. The van der Waals surface area contributed by atoms with E-state index >= 15 is 0 Å². The average Bonchev–Trinajstić information content (AvgIpc) is 3.54. The van der Waals surface area contributed by atoms with Crippen LogP contribution in [-0.4, -0.2) is 31.8 Å². The topological polar surface area (TPSA) is 58.2 Å². The standard InChI is InChI=1S/C32H42N2O2S/c1-2-3-4-5-6-7-8-11-24-15-18-28(19-16-24)37(35,36)32-30-21-20-29(34-30)31(32)33-23-25-14-17-26-12-9-10-13-27(26)22-25/h9-10,12-19,22,29-34H,2-8,11,20-21,23H2,1H3. The molecule has 4 atom stereocenters. The number of aryl methyl sites for hydroxylation is 1. The van der Waals surface area contributed by atoms with Crippen LogP contribution in [0.5, 0.6) is 0 Å². The molecule has 2 aliphatic rings. The molecule has 4 unspecified atom stereocenters. The number of sulfone groups is 1. The predicted molar refractivity (Wildman–Crippen MR) is 154 cm³/mol. The van der Waals surface area contributed by atoms with Crippen LogP contribution in [0, 0.1) is 0 Å². The van der Waals surface area contributed by atoms with Crippen molar-refractivity contribution in [2.24, 2.45) is 0 Å². The molecule has 2 N–H and O–H groups in total. The first-order chi connectivity index (χ1) is 18.1. The van der Waals surface area contributed by atoms with E-state index in [1.165, 1.54) is 66.8 Å². The third-order valence-electron chi connectivity index (χ3n) is 8.44. The van der Waals surface area contributed by atoms with Crippen molar-refractivity contribution in [3.63, 3.8) is 0 Å². The SMILES string of the molecule is CCCCCCCCCc1ccc(S(=O)(=O)C2C3CCC(N3)C2NCc2ccc3ccccc3c2)cc1. The van der Waals surface area contributed by atoms with E-state index in [0.717, 1.165) is 19.3 Å². The molecular weight excluding hydrogens is 476 g/mol. The van der Waals surface area contributed by atoms with Gasteiger partial charge in [0.25, 0.3) is 0 Å². The summed E-state index contributed by atoms with van der Waals surface area (Å²) in [6.07, 6.45) is 12.0. The number of benzene rings is 3. The second kappa shape index (κ2) is 12.1. The van der Waals surface area contributed by atoms with Gasteiger partial charge in [-0.15, -0.1) is 0 Å². The van der Waals surface area contributed by atoms with E-state index in [-0.39, 0.29) is 18.1 Å². The van der Waals surface area contributed by atoms with E-state index in [4.69, 9.17) is 0 Å². The normalized spacial score (nSPS) is 23.2. The zero-order valence-electron chi connectivity index (χ0n) is 22.2. The fourth-order valence-electron chi connectivity index (χ4n) is 6.36. The molecule has 3 aromatic carbocycles. The maximum absolute atomic E-state index is 13.8. The van der Waals surface area contributed by atoms with Gasteiger partial charge in [0.05, 0.1) is 10.1 Å². The second-order valence-electron chi connectivity index (χ2n) is 11.1. The van der Waals surface area contributed by atoms with Crippen molar-refractivity contribution in [2.75, 3.05) is 0 Å². The number of hydrogen-bond donors (Lipinski definition) is 2. The predicted octanol–water partition coefficient (Wildman–Crippen LogP) is 6.57. The van der Waals surface area contributed by atoms with Gasteiger partial charge < -0.3 is 10.6 Å². The number of unbranched alkanes of at least 4 members (excludes halogenated alkanes) is 6. The van der Waals surface area contributed by atoms with Crippen LogP contribution < -0.4 is 10.6 Å². The van der Waals surface area contributed by atoms with E-state index in [9.17, 15) is 8.42 Å². The molecule has 2 fully saturated rings. The molecule has 0 aromatic heterocycles. The van der Waals surface area contributed by atoms with Crippen LogP contribution in [0.4, 0.5) is 0 Å². The molecule has 2 aliphatic heterocycles. The molecule has 3 aromatic rings. The molecule has 37 heavy (non-hydrogen) atoms. The minimum absolute atomic E-state index is 0.0245. The monoisotopic (exact) mass is 518 g/mol. The van der Waals surface area contributed by atoms with Gasteiger partial charge in [-0.1, -0.05) is 94.0 Å². The average molecular weight is 519 g/mol. The van der Waals surface area contributed by atoms with Gasteiger partial charge >= 0.3 is 0 Å². The summed E-state index contributed by atoms with van der Waals surface area (Å²) in [5.41, 5.74) is 2.43. The summed E-state index contributed by atoms with van der Waals surface area (Å²) in [5, 5.41) is 9.25. The molecular formula is C32H42N2O2S. The lowest BCUT2D eigenvalue weighted by atomic mass is 9.94. The largest absolute Gasteiger partial charge is 0.308 e. The van der Waals surface area contributed by atoms with Gasteiger partial charge in [0.2, 0.25) is 0 Å². The molecule has 5 rings (SSSR count). The number of rotatable bonds is 13. The molecule has 0 amide bonds. The second-order valence-corrected chi connectivity index (χ2v) is 13.2. The van der Waals surface area contributed by atoms with Crippen LogP contribution in [0.15, 0.2) is 71.6 Å². The van der Waals surface area contributed by atoms with Gasteiger partial charge in [0.15, 0.2) is 9.84 Å². The van der Waals surface area contributed by atoms with Crippen LogP contribution in [0.3, 0.4) is 0 Å². The highest BCUT2D eigenvalue weighted by atomic mass is 32.2. The first-order valence-corrected chi connectivity index (χ1v) is 15.9. The minimum atomic E-state index is -3.44. The molecule has 2 heterocycles. The lowest BCUT2D eigenvalue weighted by molar-refractivity contribution is 0.409. The fourth-order valence-corrected chi connectivity index (χ4v) is 8.51. The molecule has 0 saturated carbocycles. The van der Waals surface area contributed by atoms with Crippen LogP contribution in [0.2, 0.25) is 0 Å². The summed E-state index contributed by atoms with van der Waals surface area (Å²) >= 11 is 0. The minimum Gasteiger partial charge on any atom is -0.308 e. The Morgan fingerprint density at radius 1 is 0.784 bits per heavy atom. The van der Waals surface area contributed by atoms with Gasteiger partial charge in [0.1, 0.15) is 0 Å². The molecule has 198 valence electrons. The van der Waals surface area contributed by atoms with Crippen molar-refractivity contribution < 1.29 is 8.42 Å². The number of hydrogen-bond acceptors (Lipinski definition) is 4. The Bertz CT molecular complexity index is 1270. The van der Waals surface area contributed by atoms with E-state index in [0.29, 0.717) is 11.4 Å². The van der Waals surface area contributed by atoms with Gasteiger partial charge in [-0.2, -0.15) is 0 Å². The van der Waals surface area contributed by atoms with Crippen molar-refractivity contribution in [2.45, 2.75) is 106 Å². The third kappa shape index (κ3) is 6.10. The Balaban J connectivity index is 1.21. The summed E-state index contributed by atoms with van der Waals surface area (Å²) in [6.45, 7) is 2.92. The summed E-state index contributed by atoms with van der Waals surface area (Å²) in [7, 11) is -3.44. The van der Waals surface area contributed by atoms with Crippen molar-refractivity contribution in [1.82, 2.24) is 10.6 Å². The summed E-state index contributed by atoms with van der Waals surface area (Å²) in [4.78, 5) is 0.465. The van der Waals surface area contributed by atoms with E-state index in [2.05, 4.69) is 60.0 Å². The molecule has 0 aliphatic carbocycles. The Hall–Kier alpha value is -2.21. The van der Waals surface area contributed by atoms with Gasteiger partial charge in [-0.05, 0) is 65.8 Å². The lowest BCUT2D eigenvalue weighted by Crippen LogP contribution is -2.50. The first-order valence-electron chi connectivity index (χ1n) is 14.4. The lowest BCUT2D eigenvalue weighted by Gasteiger charge is -2.30. The van der Waals surface area contributed by atoms with Crippen molar-refractivity contribution in [1.29, 1.82) is 0 Å². The van der Waals surface area contributed by atoms with Crippen LogP contribution >= 0.6 is 0 Å². The Morgan fingerprint density at radius 3 is 2.24 bits per heavy atom. The van der Waals surface area contributed by atoms with Crippen molar-refractivity contribution >= 4 is 20.6 Å². The smallest absolute Gasteiger partial charge is 0.184 e. The summed E-state index contributed by atoms with van der Waals surface area (Å²) in [6, 6.07) is 22.8. The molecule has 0 spiro atoms. The highest BCUT2D eigenvalue weighted by molar-refractivity contribution is 7.92. The van der Waals surface area contributed by atoms with Gasteiger partial charge in [-0.3, -0.25) is 0 Å². The Kier molecular flexibility index (Phi) is 8.63. The van der Waals surface area contributed by atoms with Gasteiger partial charge in [-0.25, -0.2) is 8.42 Å². The molecule has 2 saturated heterocycles. The van der Waals surface area contributed by atoms with E-state index in [1.807, 2.05) is 24.3 Å². The molecule has 4 nitrogen and oxygen atoms in total. The van der Waals surface area contributed by atoms with E-state index in [1.54, 1.807) is 0 Å². The van der Waals surface area contributed by atoms with Crippen molar-refractivity contribution in [3.8, 4) is 0 Å².